The SMILES string of the molecule is Cc1nn(C(=O)c2ccnn2C)c(C)c1Br. The van der Waals surface area contributed by atoms with Gasteiger partial charge in [0.2, 0.25) is 0 Å². The van der Waals surface area contributed by atoms with Gasteiger partial charge in [0.15, 0.2) is 0 Å². The van der Waals surface area contributed by atoms with Crippen molar-refractivity contribution in [3.63, 3.8) is 0 Å². The van der Waals surface area contributed by atoms with E-state index in [1.165, 1.54) is 9.36 Å². The molecular formula is C10H11BrN4O. The summed E-state index contributed by atoms with van der Waals surface area (Å²) in [7, 11) is 1.73. The number of hydrogen-bond acceptors (Lipinski definition) is 3. The predicted octanol–water partition coefficient (Wildman–Crippen LogP) is 1.68. The van der Waals surface area contributed by atoms with E-state index in [0.29, 0.717) is 5.69 Å². The van der Waals surface area contributed by atoms with Crippen LogP contribution in [0.2, 0.25) is 0 Å². The molecule has 0 atom stereocenters. The second-order valence-corrected chi connectivity index (χ2v) is 4.33. The first-order chi connectivity index (χ1) is 7.52. The molecule has 0 saturated heterocycles. The number of halogens is 1. The standard InChI is InChI=1S/C10H11BrN4O/c1-6-9(11)7(2)15(13-6)10(16)8-4-5-12-14(8)3/h4-5H,1-3H3. The molecule has 5 nitrogen and oxygen atoms in total. The largest absolute Gasteiger partial charge is 0.296 e. The zero-order valence-electron chi connectivity index (χ0n) is 9.23. The predicted molar refractivity (Wildman–Crippen MR) is 62.3 cm³/mol. The molecule has 0 fully saturated rings. The first-order valence-corrected chi connectivity index (χ1v) is 5.56. The van der Waals surface area contributed by atoms with Crippen molar-refractivity contribution in [2.24, 2.45) is 7.05 Å². The summed E-state index contributed by atoms with van der Waals surface area (Å²) in [5.74, 6) is -0.175. The first kappa shape index (κ1) is 11.1. The summed E-state index contributed by atoms with van der Waals surface area (Å²) in [6, 6.07) is 1.67. The second-order valence-electron chi connectivity index (χ2n) is 3.54. The Morgan fingerprint density at radius 3 is 2.56 bits per heavy atom. The van der Waals surface area contributed by atoms with Gasteiger partial charge in [0, 0.05) is 13.2 Å². The lowest BCUT2D eigenvalue weighted by Crippen LogP contribution is -2.18. The highest BCUT2D eigenvalue weighted by Gasteiger charge is 2.18. The number of carbonyl (C=O) groups is 1. The highest BCUT2D eigenvalue weighted by atomic mass is 79.9. The highest BCUT2D eigenvalue weighted by molar-refractivity contribution is 9.10. The van der Waals surface area contributed by atoms with E-state index in [2.05, 4.69) is 26.1 Å². The van der Waals surface area contributed by atoms with Gasteiger partial charge < -0.3 is 0 Å². The molecule has 2 rings (SSSR count). The second kappa shape index (κ2) is 3.86. The quantitative estimate of drug-likeness (QED) is 0.800. The molecule has 0 spiro atoms. The number of carbonyl (C=O) groups excluding carboxylic acids is 1. The normalized spacial score (nSPS) is 10.8. The maximum absolute atomic E-state index is 12.1. The molecule has 2 heterocycles. The number of nitrogens with zero attached hydrogens (tertiary/aromatic N) is 4. The van der Waals surface area contributed by atoms with Crippen molar-refractivity contribution < 1.29 is 4.79 Å². The van der Waals surface area contributed by atoms with E-state index in [-0.39, 0.29) is 5.91 Å². The van der Waals surface area contributed by atoms with Crippen LogP contribution < -0.4 is 0 Å². The van der Waals surface area contributed by atoms with Gasteiger partial charge in [0.25, 0.3) is 5.91 Å². The number of aromatic nitrogens is 4. The number of rotatable bonds is 1. The van der Waals surface area contributed by atoms with Crippen LogP contribution in [0.5, 0.6) is 0 Å². The molecule has 0 radical (unpaired) electrons. The van der Waals surface area contributed by atoms with Crippen LogP contribution in [0.3, 0.4) is 0 Å². The molecule has 2 aromatic heterocycles. The number of hydrogen-bond donors (Lipinski definition) is 0. The van der Waals surface area contributed by atoms with Crippen molar-refractivity contribution in [1.29, 1.82) is 0 Å². The third kappa shape index (κ3) is 1.59. The molecule has 0 N–H and O–H groups in total. The van der Waals surface area contributed by atoms with Crippen LogP contribution in [0, 0.1) is 13.8 Å². The summed E-state index contributed by atoms with van der Waals surface area (Å²) >= 11 is 3.39. The molecule has 0 aliphatic rings. The highest BCUT2D eigenvalue weighted by Crippen LogP contribution is 2.20. The van der Waals surface area contributed by atoms with Crippen molar-refractivity contribution in [2.75, 3.05) is 0 Å². The Morgan fingerprint density at radius 1 is 1.44 bits per heavy atom. The van der Waals surface area contributed by atoms with E-state index in [1.54, 1.807) is 19.3 Å². The maximum atomic E-state index is 12.1. The van der Waals surface area contributed by atoms with Crippen LogP contribution in [0.25, 0.3) is 0 Å². The van der Waals surface area contributed by atoms with Gasteiger partial charge >= 0.3 is 0 Å². The smallest absolute Gasteiger partial charge is 0.265 e. The first-order valence-electron chi connectivity index (χ1n) is 4.76. The summed E-state index contributed by atoms with van der Waals surface area (Å²) in [5.41, 5.74) is 2.11. The van der Waals surface area contributed by atoms with Gasteiger partial charge in [-0.2, -0.15) is 14.9 Å². The Balaban J connectivity index is 2.50. The summed E-state index contributed by atoms with van der Waals surface area (Å²) in [6.07, 6.45) is 1.59. The minimum absolute atomic E-state index is 0.175. The van der Waals surface area contributed by atoms with E-state index < -0.39 is 0 Å². The maximum Gasteiger partial charge on any atom is 0.296 e. The van der Waals surface area contributed by atoms with Gasteiger partial charge in [-0.15, -0.1) is 0 Å². The van der Waals surface area contributed by atoms with Crippen LogP contribution in [0.4, 0.5) is 0 Å². The van der Waals surface area contributed by atoms with Crippen molar-refractivity contribution in [1.82, 2.24) is 19.6 Å². The van der Waals surface area contributed by atoms with Crippen LogP contribution >= 0.6 is 15.9 Å². The van der Waals surface area contributed by atoms with E-state index in [9.17, 15) is 4.79 Å². The van der Waals surface area contributed by atoms with Gasteiger partial charge in [0.1, 0.15) is 5.69 Å². The van der Waals surface area contributed by atoms with Crippen LogP contribution in [0.1, 0.15) is 21.9 Å². The van der Waals surface area contributed by atoms with E-state index in [0.717, 1.165) is 15.9 Å². The van der Waals surface area contributed by atoms with Gasteiger partial charge in [0.05, 0.1) is 15.9 Å². The molecule has 0 saturated carbocycles. The van der Waals surface area contributed by atoms with Gasteiger partial charge in [-0.3, -0.25) is 9.48 Å². The Hall–Kier alpha value is -1.43. The van der Waals surface area contributed by atoms with Gasteiger partial charge in [-0.25, -0.2) is 0 Å². The molecular weight excluding hydrogens is 272 g/mol. The minimum Gasteiger partial charge on any atom is -0.265 e. The fraction of sp³-hybridized carbons (Fsp3) is 0.300. The lowest BCUT2D eigenvalue weighted by atomic mass is 10.3. The zero-order chi connectivity index (χ0) is 11.9. The molecule has 0 aliphatic carbocycles. The van der Waals surface area contributed by atoms with Crippen molar-refractivity contribution in [3.8, 4) is 0 Å². The molecule has 84 valence electrons. The van der Waals surface area contributed by atoms with Gasteiger partial charge in [-0.1, -0.05) is 0 Å². The lowest BCUT2D eigenvalue weighted by Gasteiger charge is -2.02. The zero-order valence-corrected chi connectivity index (χ0v) is 10.8. The molecule has 6 heteroatoms. The summed E-state index contributed by atoms with van der Waals surface area (Å²) in [6.45, 7) is 3.70. The number of aryl methyl sites for hydroxylation is 2. The van der Waals surface area contributed by atoms with Crippen LogP contribution in [-0.4, -0.2) is 25.5 Å². The van der Waals surface area contributed by atoms with Crippen molar-refractivity contribution in [2.45, 2.75) is 13.8 Å². The fourth-order valence-corrected chi connectivity index (χ4v) is 1.76. The van der Waals surface area contributed by atoms with Crippen molar-refractivity contribution in [3.05, 3.63) is 33.8 Å². The molecule has 0 aliphatic heterocycles. The molecule has 0 bridgehead atoms. The van der Waals surface area contributed by atoms with Crippen LogP contribution in [0.15, 0.2) is 16.7 Å². The van der Waals surface area contributed by atoms with E-state index in [4.69, 9.17) is 0 Å². The van der Waals surface area contributed by atoms with Crippen molar-refractivity contribution >= 4 is 21.8 Å². The summed E-state index contributed by atoms with van der Waals surface area (Å²) in [4.78, 5) is 12.1. The monoisotopic (exact) mass is 282 g/mol. The fourth-order valence-electron chi connectivity index (χ4n) is 1.51. The minimum atomic E-state index is -0.175. The summed E-state index contributed by atoms with van der Waals surface area (Å²) in [5, 5.41) is 8.15. The molecule has 2 aromatic rings. The molecule has 0 unspecified atom stereocenters. The average molecular weight is 283 g/mol. The Labute approximate surface area is 101 Å². The van der Waals surface area contributed by atoms with Crippen LogP contribution in [-0.2, 0) is 7.05 Å². The molecule has 0 amide bonds. The lowest BCUT2D eigenvalue weighted by molar-refractivity contribution is 0.0933. The van der Waals surface area contributed by atoms with E-state index in [1.807, 2.05) is 13.8 Å². The van der Waals surface area contributed by atoms with Gasteiger partial charge in [-0.05, 0) is 35.8 Å². The summed E-state index contributed by atoms with van der Waals surface area (Å²) < 4.78 is 3.78. The Morgan fingerprint density at radius 2 is 2.12 bits per heavy atom. The third-order valence-electron chi connectivity index (χ3n) is 2.44. The third-order valence-corrected chi connectivity index (χ3v) is 3.58. The molecule has 16 heavy (non-hydrogen) atoms. The Bertz CT molecular complexity index is 555. The Kier molecular flexibility index (Phi) is 2.67. The average Bonchev–Trinajstić information content (AvgIpc) is 2.77. The topological polar surface area (TPSA) is 52.7 Å². The molecule has 0 aromatic carbocycles. The van der Waals surface area contributed by atoms with E-state index >= 15 is 0 Å².